The minimum absolute atomic E-state index is 0.228. The van der Waals surface area contributed by atoms with Gasteiger partial charge in [0.2, 0.25) is 0 Å². The molecule has 3 heteroatoms. The van der Waals surface area contributed by atoms with Crippen LogP contribution in [-0.4, -0.2) is 17.1 Å². The van der Waals surface area contributed by atoms with Crippen LogP contribution < -0.4 is 10.6 Å². The quantitative estimate of drug-likeness (QED) is 0.780. The van der Waals surface area contributed by atoms with E-state index in [1.54, 1.807) is 0 Å². The molecule has 3 rings (SSSR count). The van der Waals surface area contributed by atoms with Crippen molar-refractivity contribution in [2.75, 3.05) is 17.2 Å². The number of anilines is 2. The van der Waals surface area contributed by atoms with Gasteiger partial charge in [-0.05, 0) is 44.9 Å². The van der Waals surface area contributed by atoms with Crippen LogP contribution in [0.3, 0.4) is 0 Å². The van der Waals surface area contributed by atoms with Gasteiger partial charge in [-0.1, -0.05) is 0 Å². The summed E-state index contributed by atoms with van der Waals surface area (Å²) in [5.41, 5.74) is 8.35. The van der Waals surface area contributed by atoms with Crippen molar-refractivity contribution < 1.29 is 0 Å². The van der Waals surface area contributed by atoms with E-state index in [0.29, 0.717) is 0 Å². The van der Waals surface area contributed by atoms with Gasteiger partial charge in [0.05, 0.1) is 0 Å². The highest BCUT2D eigenvalue weighted by Gasteiger charge is 2.32. The van der Waals surface area contributed by atoms with E-state index in [-0.39, 0.29) is 5.54 Å². The van der Waals surface area contributed by atoms with E-state index < -0.39 is 0 Å². The number of benzene rings is 1. The molecule has 0 bridgehead atoms. The van der Waals surface area contributed by atoms with Crippen LogP contribution in [0.4, 0.5) is 11.4 Å². The third kappa shape index (κ3) is 1.62. The van der Waals surface area contributed by atoms with Crippen molar-refractivity contribution in [3.05, 3.63) is 30.6 Å². The summed E-state index contributed by atoms with van der Waals surface area (Å²) in [5.74, 6) is 0. The second-order valence-electron chi connectivity index (χ2n) is 5.66. The lowest BCUT2D eigenvalue weighted by atomic mass is 10.00. The van der Waals surface area contributed by atoms with Crippen molar-refractivity contribution >= 4 is 22.1 Å². The van der Waals surface area contributed by atoms with E-state index >= 15 is 0 Å². The van der Waals surface area contributed by atoms with Gasteiger partial charge in [-0.25, -0.2) is 0 Å². The first-order valence-electron chi connectivity index (χ1n) is 6.49. The molecule has 1 aliphatic heterocycles. The second-order valence-corrected chi connectivity index (χ2v) is 5.66. The first-order chi connectivity index (χ1) is 8.59. The summed E-state index contributed by atoms with van der Waals surface area (Å²) < 4.78 is 0. The largest absolute Gasteiger partial charge is 0.398 e. The van der Waals surface area contributed by atoms with E-state index in [0.717, 1.165) is 17.6 Å². The topological polar surface area (TPSA) is 42.1 Å². The van der Waals surface area contributed by atoms with Crippen LogP contribution in [0.5, 0.6) is 0 Å². The molecule has 0 spiro atoms. The van der Waals surface area contributed by atoms with Gasteiger partial charge in [0.1, 0.15) is 0 Å². The Morgan fingerprint density at radius 3 is 2.78 bits per heavy atom. The second kappa shape index (κ2) is 3.87. The normalized spacial score (nSPS) is 18.4. The fourth-order valence-electron chi connectivity index (χ4n) is 2.99. The van der Waals surface area contributed by atoms with Crippen molar-refractivity contribution in [3.8, 4) is 0 Å². The van der Waals surface area contributed by atoms with Crippen molar-refractivity contribution in [1.82, 2.24) is 4.98 Å². The Hall–Kier alpha value is -1.77. The average molecular weight is 241 g/mol. The smallest absolute Gasteiger partial charge is 0.0453 e. The van der Waals surface area contributed by atoms with Gasteiger partial charge in [-0.15, -0.1) is 0 Å². The number of pyridine rings is 1. The number of hydrogen-bond acceptors (Lipinski definition) is 3. The molecule has 0 amide bonds. The molecule has 1 aliphatic rings. The summed E-state index contributed by atoms with van der Waals surface area (Å²) >= 11 is 0. The van der Waals surface area contributed by atoms with Crippen LogP contribution in [0.1, 0.15) is 26.7 Å². The summed E-state index contributed by atoms with van der Waals surface area (Å²) in [7, 11) is 0. The average Bonchev–Trinajstić information content (AvgIpc) is 2.70. The molecule has 1 fully saturated rings. The van der Waals surface area contributed by atoms with E-state index in [4.69, 9.17) is 5.73 Å². The van der Waals surface area contributed by atoms with Crippen LogP contribution in [0.25, 0.3) is 10.8 Å². The molecule has 2 heterocycles. The van der Waals surface area contributed by atoms with Crippen LogP contribution in [0.15, 0.2) is 30.6 Å². The zero-order chi connectivity index (χ0) is 12.8. The van der Waals surface area contributed by atoms with Gasteiger partial charge in [0, 0.05) is 46.6 Å². The van der Waals surface area contributed by atoms with Crippen molar-refractivity contribution in [3.63, 3.8) is 0 Å². The highest BCUT2D eigenvalue weighted by molar-refractivity contribution is 6.01. The maximum absolute atomic E-state index is 6.03. The molecule has 1 aromatic heterocycles. The number of hydrogen-bond donors (Lipinski definition) is 1. The molecule has 0 aliphatic carbocycles. The predicted octanol–water partition coefficient (Wildman–Crippen LogP) is 3.20. The molecule has 1 aromatic carbocycles. The fourth-order valence-corrected chi connectivity index (χ4v) is 2.99. The van der Waals surface area contributed by atoms with Crippen LogP contribution in [-0.2, 0) is 0 Å². The van der Waals surface area contributed by atoms with Gasteiger partial charge in [0.15, 0.2) is 0 Å². The van der Waals surface area contributed by atoms with Gasteiger partial charge in [0.25, 0.3) is 0 Å². The standard InChI is InChI=1S/C15H19N3/c1-15(2)7-3-9-18(15)14-5-4-13(16)12-10-17-8-6-11(12)14/h4-6,8,10H,3,7,9,16H2,1-2H3. The van der Waals surface area contributed by atoms with Crippen molar-refractivity contribution in [2.24, 2.45) is 0 Å². The van der Waals surface area contributed by atoms with Crippen LogP contribution in [0, 0.1) is 0 Å². The molecule has 0 atom stereocenters. The Labute approximate surface area is 108 Å². The third-order valence-electron chi connectivity index (χ3n) is 4.02. The summed E-state index contributed by atoms with van der Waals surface area (Å²) in [6.07, 6.45) is 6.19. The molecule has 0 unspecified atom stereocenters. The lowest BCUT2D eigenvalue weighted by molar-refractivity contribution is 0.519. The minimum atomic E-state index is 0.228. The number of nitrogen functional groups attached to an aromatic ring is 1. The van der Waals surface area contributed by atoms with Gasteiger partial charge in [-0.3, -0.25) is 4.98 Å². The highest BCUT2D eigenvalue weighted by atomic mass is 15.2. The summed E-state index contributed by atoms with van der Waals surface area (Å²) in [4.78, 5) is 6.67. The Bertz CT molecular complexity index is 589. The highest BCUT2D eigenvalue weighted by Crippen LogP contribution is 2.38. The Morgan fingerprint density at radius 1 is 1.22 bits per heavy atom. The first kappa shape index (κ1) is 11.3. The third-order valence-corrected chi connectivity index (χ3v) is 4.02. The van der Waals surface area contributed by atoms with E-state index in [1.165, 1.54) is 23.9 Å². The zero-order valence-corrected chi connectivity index (χ0v) is 11.0. The van der Waals surface area contributed by atoms with E-state index in [2.05, 4.69) is 35.9 Å². The van der Waals surface area contributed by atoms with Gasteiger partial charge >= 0.3 is 0 Å². The van der Waals surface area contributed by atoms with Gasteiger partial charge in [-0.2, -0.15) is 0 Å². The number of nitrogens with two attached hydrogens (primary N) is 1. The molecule has 94 valence electrons. The van der Waals surface area contributed by atoms with Crippen LogP contribution >= 0.6 is 0 Å². The first-order valence-corrected chi connectivity index (χ1v) is 6.49. The lowest BCUT2D eigenvalue weighted by Crippen LogP contribution is -2.38. The molecule has 0 radical (unpaired) electrons. The summed E-state index contributed by atoms with van der Waals surface area (Å²) in [6.45, 7) is 5.74. The molecule has 3 nitrogen and oxygen atoms in total. The number of fused-ring (bicyclic) bond motifs is 1. The maximum Gasteiger partial charge on any atom is 0.0453 e. The van der Waals surface area contributed by atoms with Crippen LogP contribution in [0.2, 0.25) is 0 Å². The monoisotopic (exact) mass is 241 g/mol. The van der Waals surface area contributed by atoms with E-state index in [9.17, 15) is 0 Å². The Balaban J connectivity index is 2.21. The maximum atomic E-state index is 6.03. The van der Waals surface area contributed by atoms with Crippen molar-refractivity contribution in [2.45, 2.75) is 32.2 Å². The zero-order valence-electron chi connectivity index (χ0n) is 11.0. The molecule has 1 saturated heterocycles. The Morgan fingerprint density at radius 2 is 2.06 bits per heavy atom. The Kier molecular flexibility index (Phi) is 2.44. The molecule has 18 heavy (non-hydrogen) atoms. The summed E-state index contributed by atoms with van der Waals surface area (Å²) in [5, 5.41) is 2.26. The molecule has 0 saturated carbocycles. The number of aromatic nitrogens is 1. The van der Waals surface area contributed by atoms with Gasteiger partial charge < -0.3 is 10.6 Å². The molecule has 2 N–H and O–H groups in total. The lowest BCUT2D eigenvalue weighted by Gasteiger charge is -2.34. The number of nitrogens with zero attached hydrogens (tertiary/aromatic N) is 2. The summed E-state index contributed by atoms with van der Waals surface area (Å²) in [6, 6.07) is 6.20. The molecule has 2 aromatic rings. The number of rotatable bonds is 1. The minimum Gasteiger partial charge on any atom is -0.398 e. The predicted molar refractivity (Wildman–Crippen MR) is 76.8 cm³/mol. The molecular weight excluding hydrogens is 222 g/mol. The molecular formula is C15H19N3. The van der Waals surface area contributed by atoms with E-state index in [1.807, 2.05) is 18.5 Å². The fraction of sp³-hybridized carbons (Fsp3) is 0.400. The SMILES string of the molecule is CC1(C)CCCN1c1ccc(N)c2cnccc12. The van der Waals surface area contributed by atoms with Crippen molar-refractivity contribution in [1.29, 1.82) is 0 Å².